The fourth-order valence-corrected chi connectivity index (χ4v) is 2.89. The molecule has 0 unspecified atom stereocenters. The predicted molar refractivity (Wildman–Crippen MR) is 96.9 cm³/mol. The van der Waals surface area contributed by atoms with Gasteiger partial charge in [-0.3, -0.25) is 9.78 Å². The van der Waals surface area contributed by atoms with Gasteiger partial charge in [-0.25, -0.2) is 9.18 Å². The van der Waals surface area contributed by atoms with Gasteiger partial charge in [0.1, 0.15) is 5.82 Å². The maximum Gasteiger partial charge on any atom is 0.339 e. The standard InChI is InChI=1S/C21H18FNO3/c1-3-17-13(2)20(16-6-4-5-7-18(16)23-17)21(25)26-12-19(24)14-8-10-15(22)11-9-14/h4-11H,3,12H2,1-2H3. The molecule has 0 saturated carbocycles. The van der Waals surface area contributed by atoms with Crippen molar-refractivity contribution in [1.29, 1.82) is 0 Å². The molecule has 0 radical (unpaired) electrons. The molecule has 0 aliphatic carbocycles. The minimum absolute atomic E-state index is 0.296. The number of carbonyl (C=O) groups excluding carboxylic acids is 2. The maximum absolute atomic E-state index is 12.9. The van der Waals surface area contributed by atoms with Gasteiger partial charge < -0.3 is 4.74 Å². The SMILES string of the molecule is CCc1nc2ccccc2c(C(=O)OCC(=O)c2ccc(F)cc2)c1C. The number of carbonyl (C=O) groups is 2. The number of aryl methyl sites for hydroxylation is 1. The normalized spacial score (nSPS) is 10.7. The first-order chi connectivity index (χ1) is 12.5. The van der Waals surface area contributed by atoms with E-state index < -0.39 is 18.4 Å². The van der Waals surface area contributed by atoms with Crippen molar-refractivity contribution in [3.05, 3.63) is 76.7 Å². The number of ether oxygens (including phenoxy) is 1. The molecule has 3 aromatic rings. The van der Waals surface area contributed by atoms with Gasteiger partial charge >= 0.3 is 5.97 Å². The molecule has 132 valence electrons. The van der Waals surface area contributed by atoms with Gasteiger partial charge in [-0.1, -0.05) is 25.1 Å². The number of aromatic nitrogens is 1. The van der Waals surface area contributed by atoms with Gasteiger partial charge in [-0.2, -0.15) is 0 Å². The van der Waals surface area contributed by atoms with Crippen LogP contribution in [0.5, 0.6) is 0 Å². The molecule has 5 heteroatoms. The second kappa shape index (κ2) is 7.44. The van der Waals surface area contributed by atoms with Crippen molar-refractivity contribution in [3.63, 3.8) is 0 Å². The number of halogens is 1. The van der Waals surface area contributed by atoms with Crippen LogP contribution in [0.3, 0.4) is 0 Å². The van der Waals surface area contributed by atoms with E-state index >= 15 is 0 Å². The van der Waals surface area contributed by atoms with Crippen molar-refractivity contribution >= 4 is 22.7 Å². The number of pyridine rings is 1. The number of hydrogen-bond donors (Lipinski definition) is 0. The van der Waals surface area contributed by atoms with E-state index in [1.165, 1.54) is 24.3 Å². The van der Waals surface area contributed by atoms with Crippen LogP contribution in [0.1, 0.15) is 38.9 Å². The Morgan fingerprint density at radius 2 is 1.77 bits per heavy atom. The number of nitrogens with zero attached hydrogens (tertiary/aromatic N) is 1. The average Bonchev–Trinajstić information content (AvgIpc) is 2.66. The van der Waals surface area contributed by atoms with E-state index in [-0.39, 0.29) is 5.78 Å². The summed E-state index contributed by atoms with van der Waals surface area (Å²) < 4.78 is 18.2. The number of benzene rings is 2. The lowest BCUT2D eigenvalue weighted by atomic mass is 10.0. The summed E-state index contributed by atoms with van der Waals surface area (Å²) >= 11 is 0. The Balaban J connectivity index is 1.87. The van der Waals surface area contributed by atoms with Gasteiger partial charge in [0, 0.05) is 16.6 Å². The van der Waals surface area contributed by atoms with Crippen LogP contribution in [-0.4, -0.2) is 23.3 Å². The molecule has 0 atom stereocenters. The fourth-order valence-electron chi connectivity index (χ4n) is 2.89. The number of hydrogen-bond acceptors (Lipinski definition) is 4. The first kappa shape index (κ1) is 17.7. The molecule has 0 bridgehead atoms. The highest BCUT2D eigenvalue weighted by atomic mass is 19.1. The molecule has 26 heavy (non-hydrogen) atoms. The van der Waals surface area contributed by atoms with E-state index in [1.54, 1.807) is 0 Å². The summed E-state index contributed by atoms with van der Waals surface area (Å²) in [6, 6.07) is 12.5. The van der Waals surface area contributed by atoms with Crippen LogP contribution in [-0.2, 0) is 11.2 Å². The first-order valence-corrected chi connectivity index (χ1v) is 8.35. The molecule has 0 spiro atoms. The van der Waals surface area contributed by atoms with E-state index in [9.17, 15) is 14.0 Å². The summed E-state index contributed by atoms with van der Waals surface area (Å²) in [6.45, 7) is 3.40. The monoisotopic (exact) mass is 351 g/mol. The Hall–Kier alpha value is -3.08. The third-order valence-corrected chi connectivity index (χ3v) is 4.28. The zero-order valence-electron chi connectivity index (χ0n) is 14.6. The number of esters is 1. The van der Waals surface area contributed by atoms with Crippen LogP contribution in [0.2, 0.25) is 0 Å². The quantitative estimate of drug-likeness (QED) is 0.508. The van der Waals surface area contributed by atoms with Crippen molar-refractivity contribution in [3.8, 4) is 0 Å². The smallest absolute Gasteiger partial charge is 0.339 e. The summed E-state index contributed by atoms with van der Waals surface area (Å²) in [4.78, 5) is 29.4. The van der Waals surface area contributed by atoms with Gasteiger partial charge in [-0.15, -0.1) is 0 Å². The molecule has 1 aromatic heterocycles. The zero-order valence-corrected chi connectivity index (χ0v) is 14.6. The molecule has 0 aliphatic rings. The van der Waals surface area contributed by atoms with Crippen molar-refractivity contribution in [1.82, 2.24) is 4.98 Å². The van der Waals surface area contributed by atoms with Crippen molar-refractivity contribution < 1.29 is 18.7 Å². The molecule has 0 aliphatic heterocycles. The summed E-state index contributed by atoms with van der Waals surface area (Å²) in [5, 5.41) is 0.696. The van der Waals surface area contributed by atoms with Crippen molar-refractivity contribution in [2.75, 3.05) is 6.61 Å². The van der Waals surface area contributed by atoms with Crippen molar-refractivity contribution in [2.24, 2.45) is 0 Å². The Morgan fingerprint density at radius 1 is 1.08 bits per heavy atom. The topological polar surface area (TPSA) is 56.3 Å². The Morgan fingerprint density at radius 3 is 2.46 bits per heavy atom. The third kappa shape index (κ3) is 3.47. The number of para-hydroxylation sites is 1. The van der Waals surface area contributed by atoms with Crippen LogP contribution in [0.4, 0.5) is 4.39 Å². The minimum Gasteiger partial charge on any atom is -0.454 e. The Bertz CT molecular complexity index is 980. The third-order valence-electron chi connectivity index (χ3n) is 4.28. The van der Waals surface area contributed by atoms with E-state index in [0.717, 1.165) is 11.3 Å². The lowest BCUT2D eigenvalue weighted by Crippen LogP contribution is -2.16. The molecule has 2 aromatic carbocycles. The summed E-state index contributed by atoms with van der Waals surface area (Å²) in [5.74, 6) is -1.37. The van der Waals surface area contributed by atoms with E-state index in [2.05, 4.69) is 4.98 Å². The number of fused-ring (bicyclic) bond motifs is 1. The molecular formula is C21H18FNO3. The molecule has 4 nitrogen and oxygen atoms in total. The second-order valence-electron chi connectivity index (χ2n) is 5.94. The number of Topliss-reactive ketones (excluding diaryl/α,β-unsaturated/α-hetero) is 1. The summed E-state index contributed by atoms with van der Waals surface area (Å²) in [6.07, 6.45) is 0.686. The van der Waals surface area contributed by atoms with Crippen LogP contribution < -0.4 is 0 Å². The van der Waals surface area contributed by atoms with E-state index in [1.807, 2.05) is 38.1 Å². The largest absolute Gasteiger partial charge is 0.454 e. The zero-order chi connectivity index (χ0) is 18.7. The van der Waals surface area contributed by atoms with E-state index in [4.69, 9.17) is 4.74 Å². The average molecular weight is 351 g/mol. The summed E-state index contributed by atoms with van der Waals surface area (Å²) in [7, 11) is 0. The van der Waals surface area contributed by atoms with Crippen LogP contribution in [0, 0.1) is 12.7 Å². The van der Waals surface area contributed by atoms with Crippen LogP contribution >= 0.6 is 0 Å². The molecule has 1 heterocycles. The van der Waals surface area contributed by atoms with Crippen LogP contribution in [0.25, 0.3) is 10.9 Å². The summed E-state index contributed by atoms with van der Waals surface area (Å²) in [5.41, 5.74) is 3.02. The molecule has 0 fully saturated rings. The number of ketones is 1. The van der Waals surface area contributed by atoms with E-state index in [0.29, 0.717) is 28.5 Å². The van der Waals surface area contributed by atoms with Gasteiger partial charge in [0.15, 0.2) is 12.4 Å². The van der Waals surface area contributed by atoms with Crippen molar-refractivity contribution in [2.45, 2.75) is 20.3 Å². The minimum atomic E-state index is -0.564. The highest BCUT2D eigenvalue weighted by Gasteiger charge is 2.19. The molecule has 0 amide bonds. The lowest BCUT2D eigenvalue weighted by Gasteiger charge is -2.13. The molecule has 3 rings (SSSR count). The highest BCUT2D eigenvalue weighted by molar-refractivity contribution is 6.06. The lowest BCUT2D eigenvalue weighted by molar-refractivity contribution is 0.0476. The highest BCUT2D eigenvalue weighted by Crippen LogP contribution is 2.24. The van der Waals surface area contributed by atoms with Gasteiger partial charge in [0.25, 0.3) is 0 Å². The molecular weight excluding hydrogens is 333 g/mol. The van der Waals surface area contributed by atoms with Gasteiger partial charge in [0.05, 0.1) is 11.1 Å². The first-order valence-electron chi connectivity index (χ1n) is 8.35. The van der Waals surface area contributed by atoms with Gasteiger partial charge in [0.2, 0.25) is 0 Å². The molecule has 0 saturated heterocycles. The fraction of sp³-hybridized carbons (Fsp3) is 0.190. The second-order valence-corrected chi connectivity index (χ2v) is 5.94. The number of rotatable bonds is 5. The predicted octanol–water partition coefficient (Wildman–Crippen LogP) is 4.28. The Labute approximate surface area is 150 Å². The molecule has 0 N–H and O–H groups in total. The Kier molecular flexibility index (Phi) is 5.07. The van der Waals surface area contributed by atoms with Crippen LogP contribution in [0.15, 0.2) is 48.5 Å². The van der Waals surface area contributed by atoms with Gasteiger partial charge in [-0.05, 0) is 49.2 Å². The maximum atomic E-state index is 12.9.